The van der Waals surface area contributed by atoms with Gasteiger partial charge in [-0.1, -0.05) is 29.3 Å². The number of rotatable bonds is 2. The molecule has 2 rings (SSSR count). The molecule has 0 aliphatic heterocycles. The molecule has 21 heavy (non-hydrogen) atoms. The molecule has 0 fully saturated rings. The smallest absolute Gasteiger partial charge is 0.257 e. The predicted molar refractivity (Wildman–Crippen MR) is 90.7 cm³/mol. The first-order valence-corrected chi connectivity index (χ1v) is 6.98. The number of amides is 1. The number of nitrogens with one attached hydrogen (secondary N) is 2. The molecule has 0 aliphatic rings. The summed E-state index contributed by atoms with van der Waals surface area (Å²) in [7, 11) is 0. The number of anilines is 2. The Kier molecular flexibility index (Phi) is 4.77. The molecular weight excluding hydrogens is 306 g/mol. The molecule has 0 heterocycles. The van der Waals surface area contributed by atoms with Crippen LogP contribution in [-0.2, 0) is 0 Å². The summed E-state index contributed by atoms with van der Waals surface area (Å²) in [5, 5.41) is 6.06. The molecule has 0 unspecified atom stereocenters. The minimum absolute atomic E-state index is 0.173. The van der Waals surface area contributed by atoms with Gasteiger partial charge in [-0.05, 0) is 49.5 Å². The van der Waals surface area contributed by atoms with Crippen LogP contribution in [0.1, 0.15) is 15.9 Å². The van der Waals surface area contributed by atoms with Crippen molar-refractivity contribution in [3.05, 3.63) is 58.6 Å². The summed E-state index contributed by atoms with van der Waals surface area (Å²) in [6.07, 6.45) is 0. The highest BCUT2D eigenvalue weighted by Gasteiger charge is 2.09. The highest BCUT2D eigenvalue weighted by atomic mass is 35.5. The highest BCUT2D eigenvalue weighted by molar-refractivity contribution is 7.80. The lowest BCUT2D eigenvalue weighted by Crippen LogP contribution is -2.34. The average molecular weight is 320 g/mol. The number of nitrogen functional groups attached to an aromatic ring is 1. The SMILES string of the molecule is Cc1ccc(C(=O)NC(=S)Nc2ccc(N)cc2Cl)cc1. The van der Waals surface area contributed by atoms with Gasteiger partial charge in [-0.3, -0.25) is 10.1 Å². The fourth-order valence-electron chi connectivity index (χ4n) is 1.67. The van der Waals surface area contributed by atoms with Gasteiger partial charge in [-0.25, -0.2) is 0 Å². The number of carbonyl (C=O) groups is 1. The summed E-state index contributed by atoms with van der Waals surface area (Å²) in [5.41, 5.74) is 8.37. The number of hydrogen-bond donors (Lipinski definition) is 3. The Morgan fingerprint density at radius 1 is 1.19 bits per heavy atom. The fraction of sp³-hybridized carbons (Fsp3) is 0.0667. The van der Waals surface area contributed by atoms with E-state index in [0.29, 0.717) is 22.0 Å². The average Bonchev–Trinajstić information content (AvgIpc) is 2.42. The van der Waals surface area contributed by atoms with Crippen molar-refractivity contribution < 1.29 is 4.79 Å². The molecule has 0 saturated heterocycles. The zero-order valence-electron chi connectivity index (χ0n) is 11.3. The van der Waals surface area contributed by atoms with Gasteiger partial charge in [0.2, 0.25) is 0 Å². The first-order chi connectivity index (χ1) is 9.95. The predicted octanol–water partition coefficient (Wildman–Crippen LogP) is 3.36. The Morgan fingerprint density at radius 3 is 2.48 bits per heavy atom. The van der Waals surface area contributed by atoms with Crippen molar-refractivity contribution in [3.63, 3.8) is 0 Å². The molecule has 0 aliphatic carbocycles. The highest BCUT2D eigenvalue weighted by Crippen LogP contribution is 2.23. The normalized spacial score (nSPS) is 10.0. The first kappa shape index (κ1) is 15.3. The zero-order chi connectivity index (χ0) is 15.4. The van der Waals surface area contributed by atoms with E-state index in [0.717, 1.165) is 5.56 Å². The van der Waals surface area contributed by atoms with Gasteiger partial charge in [0, 0.05) is 11.3 Å². The van der Waals surface area contributed by atoms with Crippen LogP contribution >= 0.6 is 23.8 Å². The van der Waals surface area contributed by atoms with E-state index < -0.39 is 0 Å². The molecule has 2 aromatic rings. The van der Waals surface area contributed by atoms with Crippen molar-refractivity contribution in [1.29, 1.82) is 0 Å². The Bertz CT molecular complexity index is 686. The lowest BCUT2D eigenvalue weighted by Gasteiger charge is -2.11. The third kappa shape index (κ3) is 4.18. The molecule has 0 radical (unpaired) electrons. The molecule has 108 valence electrons. The topological polar surface area (TPSA) is 67.2 Å². The molecule has 1 amide bonds. The maximum atomic E-state index is 12.0. The van der Waals surface area contributed by atoms with Crippen LogP contribution in [0.3, 0.4) is 0 Å². The molecule has 2 aromatic carbocycles. The van der Waals surface area contributed by atoms with E-state index in [2.05, 4.69) is 10.6 Å². The molecule has 6 heteroatoms. The number of carbonyl (C=O) groups excluding carboxylic acids is 1. The number of nitrogens with two attached hydrogens (primary N) is 1. The standard InChI is InChI=1S/C15H14ClN3OS/c1-9-2-4-10(5-3-9)14(20)19-15(21)18-13-7-6-11(17)8-12(13)16/h2-8H,17H2,1H3,(H2,18,19,20,21). The van der Waals surface area contributed by atoms with Crippen molar-refractivity contribution in [3.8, 4) is 0 Å². The third-order valence-corrected chi connectivity index (χ3v) is 3.30. The molecule has 0 saturated carbocycles. The first-order valence-electron chi connectivity index (χ1n) is 6.20. The number of benzene rings is 2. The van der Waals surface area contributed by atoms with E-state index in [1.165, 1.54) is 0 Å². The van der Waals surface area contributed by atoms with E-state index in [-0.39, 0.29) is 11.0 Å². The molecule has 0 aromatic heterocycles. The summed E-state index contributed by atoms with van der Waals surface area (Å²) in [6.45, 7) is 1.96. The summed E-state index contributed by atoms with van der Waals surface area (Å²) < 4.78 is 0. The van der Waals surface area contributed by atoms with Crippen molar-refractivity contribution >= 4 is 46.2 Å². The van der Waals surface area contributed by atoms with Crippen LogP contribution in [0.2, 0.25) is 5.02 Å². The second kappa shape index (κ2) is 6.56. The van der Waals surface area contributed by atoms with Crippen LogP contribution < -0.4 is 16.4 Å². The summed E-state index contributed by atoms with van der Waals surface area (Å²) in [5.74, 6) is -0.279. The van der Waals surface area contributed by atoms with Gasteiger partial charge < -0.3 is 11.1 Å². The molecule has 0 atom stereocenters. The van der Waals surface area contributed by atoms with Crippen molar-refractivity contribution in [1.82, 2.24) is 5.32 Å². The number of hydrogen-bond acceptors (Lipinski definition) is 3. The molecule has 0 spiro atoms. The number of aryl methyl sites for hydroxylation is 1. The van der Waals surface area contributed by atoms with E-state index in [4.69, 9.17) is 29.6 Å². The van der Waals surface area contributed by atoms with Crippen molar-refractivity contribution in [2.45, 2.75) is 6.92 Å². The molecule has 4 N–H and O–H groups in total. The van der Waals surface area contributed by atoms with E-state index in [1.807, 2.05) is 19.1 Å². The summed E-state index contributed by atoms with van der Waals surface area (Å²) in [6, 6.07) is 12.2. The van der Waals surface area contributed by atoms with Gasteiger partial charge in [0.05, 0.1) is 10.7 Å². The maximum absolute atomic E-state index is 12.0. The van der Waals surface area contributed by atoms with Gasteiger partial charge in [-0.2, -0.15) is 0 Å². The van der Waals surface area contributed by atoms with Crippen molar-refractivity contribution in [2.75, 3.05) is 11.1 Å². The summed E-state index contributed by atoms with van der Waals surface area (Å²) in [4.78, 5) is 12.0. The van der Waals surface area contributed by atoms with E-state index >= 15 is 0 Å². The number of thiocarbonyl (C=S) groups is 1. The lowest BCUT2D eigenvalue weighted by atomic mass is 10.1. The van der Waals surface area contributed by atoms with Gasteiger partial charge >= 0.3 is 0 Å². The van der Waals surface area contributed by atoms with Crippen molar-refractivity contribution in [2.24, 2.45) is 0 Å². The van der Waals surface area contributed by atoms with Gasteiger partial charge in [0.15, 0.2) is 5.11 Å². The third-order valence-electron chi connectivity index (χ3n) is 2.78. The summed E-state index contributed by atoms with van der Waals surface area (Å²) >= 11 is 11.1. The monoisotopic (exact) mass is 319 g/mol. The molecule has 0 bridgehead atoms. The number of halogens is 1. The second-order valence-electron chi connectivity index (χ2n) is 4.51. The Balaban J connectivity index is 2.01. The van der Waals surface area contributed by atoms with Crippen LogP contribution in [0.5, 0.6) is 0 Å². The van der Waals surface area contributed by atoms with Gasteiger partial charge in [0.1, 0.15) is 0 Å². The largest absolute Gasteiger partial charge is 0.399 e. The van der Waals surface area contributed by atoms with Crippen LogP contribution in [0.25, 0.3) is 0 Å². The fourth-order valence-corrected chi connectivity index (χ4v) is 2.11. The minimum Gasteiger partial charge on any atom is -0.399 e. The van der Waals surface area contributed by atoms with Crippen LogP contribution in [-0.4, -0.2) is 11.0 Å². The van der Waals surface area contributed by atoms with Gasteiger partial charge in [-0.15, -0.1) is 0 Å². The quantitative estimate of drug-likeness (QED) is 0.586. The van der Waals surface area contributed by atoms with E-state index in [9.17, 15) is 4.79 Å². The van der Waals surface area contributed by atoms with E-state index in [1.54, 1.807) is 30.3 Å². The van der Waals surface area contributed by atoms with Crippen LogP contribution in [0.4, 0.5) is 11.4 Å². The Morgan fingerprint density at radius 2 is 1.86 bits per heavy atom. The van der Waals surface area contributed by atoms with Crippen LogP contribution in [0, 0.1) is 6.92 Å². The Hall–Kier alpha value is -2.11. The lowest BCUT2D eigenvalue weighted by molar-refractivity contribution is 0.0978. The molecule has 4 nitrogen and oxygen atoms in total. The van der Waals surface area contributed by atoms with Crippen LogP contribution in [0.15, 0.2) is 42.5 Å². The second-order valence-corrected chi connectivity index (χ2v) is 5.33. The molecular formula is C15H14ClN3OS. The maximum Gasteiger partial charge on any atom is 0.257 e. The Labute approximate surface area is 133 Å². The van der Waals surface area contributed by atoms with Gasteiger partial charge in [0.25, 0.3) is 5.91 Å². The minimum atomic E-state index is -0.279. The zero-order valence-corrected chi connectivity index (χ0v) is 12.9.